The molecule has 0 aromatic carbocycles. The lowest BCUT2D eigenvalue weighted by Crippen LogP contribution is -2.26. The van der Waals surface area contributed by atoms with Crippen molar-refractivity contribution in [3.8, 4) is 0 Å². The third-order valence-electron chi connectivity index (χ3n) is 4.53. The predicted molar refractivity (Wildman–Crippen MR) is 91.3 cm³/mol. The van der Waals surface area contributed by atoms with Crippen LogP contribution in [-0.4, -0.2) is 27.4 Å². The van der Waals surface area contributed by atoms with Crippen LogP contribution in [0, 0.1) is 5.92 Å². The highest BCUT2D eigenvalue weighted by atomic mass is 32.2. The van der Waals surface area contributed by atoms with Crippen molar-refractivity contribution in [3.63, 3.8) is 0 Å². The van der Waals surface area contributed by atoms with Crippen LogP contribution >= 0.6 is 23.1 Å². The van der Waals surface area contributed by atoms with E-state index in [1.807, 2.05) is 0 Å². The van der Waals surface area contributed by atoms with Crippen molar-refractivity contribution in [2.45, 2.75) is 50.1 Å². The number of hydrogen-bond donors (Lipinski definition) is 0. The largest absolute Gasteiger partial charge is 0.465 e. The third-order valence-corrected chi connectivity index (χ3v) is 6.82. The van der Waals surface area contributed by atoms with Crippen LogP contribution < -0.4 is 5.56 Å². The molecule has 1 aliphatic carbocycles. The maximum Gasteiger partial charge on any atom is 0.321 e. The number of hydrogen-bond acceptors (Lipinski definition) is 6. The summed E-state index contributed by atoms with van der Waals surface area (Å²) < 4.78 is 6.73. The van der Waals surface area contributed by atoms with Crippen molar-refractivity contribution >= 4 is 39.3 Å². The number of thiophene rings is 1. The average Bonchev–Trinajstić information content (AvgIpc) is 3.08. The second-order valence-corrected chi connectivity index (χ2v) is 8.45. The standard InChI is InChI=1S/C16H18N2O3S2/c1-3-21-15(20)11-7-18-14(19)12-9-5-4-8(2)6-10(9)22-13(12)17-16(18)23-11/h8,11H,3-7H2,1-2H3/t8-,11-/m1/s1. The van der Waals surface area contributed by atoms with Gasteiger partial charge in [-0.2, -0.15) is 0 Å². The molecule has 3 heterocycles. The van der Waals surface area contributed by atoms with E-state index in [2.05, 4.69) is 11.9 Å². The van der Waals surface area contributed by atoms with Gasteiger partial charge in [0.1, 0.15) is 10.1 Å². The number of nitrogens with zero attached hydrogens (tertiary/aromatic N) is 2. The zero-order valence-corrected chi connectivity index (χ0v) is 14.8. The molecule has 0 saturated carbocycles. The van der Waals surface area contributed by atoms with Gasteiger partial charge in [-0.05, 0) is 37.7 Å². The molecule has 0 unspecified atom stereocenters. The van der Waals surface area contributed by atoms with E-state index in [9.17, 15) is 9.59 Å². The maximum atomic E-state index is 12.9. The van der Waals surface area contributed by atoms with Crippen LogP contribution in [0.1, 0.15) is 30.7 Å². The first-order chi connectivity index (χ1) is 11.1. The van der Waals surface area contributed by atoms with E-state index in [4.69, 9.17) is 4.74 Å². The van der Waals surface area contributed by atoms with Gasteiger partial charge >= 0.3 is 5.97 Å². The second-order valence-electron chi connectivity index (χ2n) is 6.20. The summed E-state index contributed by atoms with van der Waals surface area (Å²) in [7, 11) is 0. The molecule has 122 valence electrons. The highest BCUT2D eigenvalue weighted by Crippen LogP contribution is 2.38. The molecule has 1 aliphatic heterocycles. The number of rotatable bonds is 2. The molecule has 2 aromatic heterocycles. The lowest BCUT2D eigenvalue weighted by molar-refractivity contribution is -0.142. The molecular weight excluding hydrogens is 332 g/mol. The van der Waals surface area contributed by atoms with Gasteiger partial charge in [-0.1, -0.05) is 18.7 Å². The van der Waals surface area contributed by atoms with Crippen LogP contribution in [-0.2, 0) is 28.9 Å². The molecule has 2 atom stereocenters. The van der Waals surface area contributed by atoms with Gasteiger partial charge < -0.3 is 4.74 Å². The normalized spacial score (nSPS) is 22.9. The Morgan fingerprint density at radius 2 is 2.30 bits per heavy atom. The Morgan fingerprint density at radius 1 is 1.48 bits per heavy atom. The van der Waals surface area contributed by atoms with E-state index >= 15 is 0 Å². The van der Waals surface area contributed by atoms with Gasteiger partial charge in [0.2, 0.25) is 0 Å². The zero-order chi connectivity index (χ0) is 16.1. The number of fused-ring (bicyclic) bond motifs is 4. The average molecular weight is 350 g/mol. The first kappa shape index (κ1) is 15.2. The Hall–Kier alpha value is -1.34. The Balaban J connectivity index is 1.78. The number of carbonyl (C=O) groups excluding carboxylic acids is 1. The van der Waals surface area contributed by atoms with Crippen molar-refractivity contribution in [2.75, 3.05) is 6.61 Å². The maximum absolute atomic E-state index is 12.9. The Kier molecular flexibility index (Phi) is 3.72. The summed E-state index contributed by atoms with van der Waals surface area (Å²) in [6.45, 7) is 4.77. The van der Waals surface area contributed by atoms with Crippen LogP contribution in [0.4, 0.5) is 0 Å². The summed E-state index contributed by atoms with van der Waals surface area (Å²) in [5.74, 6) is 0.411. The molecule has 0 amide bonds. The topological polar surface area (TPSA) is 61.2 Å². The molecule has 0 radical (unpaired) electrons. The lowest BCUT2D eigenvalue weighted by atomic mass is 9.89. The summed E-state index contributed by atoms with van der Waals surface area (Å²) in [4.78, 5) is 31.7. The lowest BCUT2D eigenvalue weighted by Gasteiger charge is -2.17. The van der Waals surface area contributed by atoms with Crippen molar-refractivity contribution in [1.82, 2.24) is 9.55 Å². The summed E-state index contributed by atoms with van der Waals surface area (Å²) in [6.07, 6.45) is 3.13. The predicted octanol–water partition coefficient (Wildman–Crippen LogP) is 2.62. The monoisotopic (exact) mass is 350 g/mol. The number of ether oxygens (including phenoxy) is 1. The molecule has 0 bridgehead atoms. The van der Waals surface area contributed by atoms with Crippen molar-refractivity contribution < 1.29 is 9.53 Å². The van der Waals surface area contributed by atoms with Crippen LogP contribution in [0.5, 0.6) is 0 Å². The molecule has 2 aromatic rings. The van der Waals surface area contributed by atoms with E-state index in [1.54, 1.807) is 22.8 Å². The summed E-state index contributed by atoms with van der Waals surface area (Å²) >= 11 is 2.99. The number of thioether (sulfide) groups is 1. The van der Waals surface area contributed by atoms with Crippen LogP contribution in [0.15, 0.2) is 9.95 Å². The Bertz CT molecular complexity index is 855. The van der Waals surface area contributed by atoms with Gasteiger partial charge in [-0.15, -0.1) is 11.3 Å². The van der Waals surface area contributed by atoms with Gasteiger partial charge in [-0.3, -0.25) is 14.2 Å². The van der Waals surface area contributed by atoms with Crippen molar-refractivity contribution in [3.05, 3.63) is 20.8 Å². The van der Waals surface area contributed by atoms with Crippen molar-refractivity contribution in [1.29, 1.82) is 0 Å². The Labute approximate surface area is 142 Å². The molecule has 2 aliphatic rings. The molecule has 4 rings (SSSR count). The molecule has 5 nitrogen and oxygen atoms in total. The molecule has 0 spiro atoms. The van der Waals surface area contributed by atoms with Crippen LogP contribution in [0.25, 0.3) is 10.2 Å². The third kappa shape index (κ3) is 2.41. The number of aryl methyl sites for hydroxylation is 1. The van der Waals surface area contributed by atoms with Gasteiger partial charge in [0, 0.05) is 4.88 Å². The van der Waals surface area contributed by atoms with E-state index in [1.165, 1.54) is 22.2 Å². The minimum Gasteiger partial charge on any atom is -0.465 e. The van der Waals surface area contributed by atoms with Crippen LogP contribution in [0.3, 0.4) is 0 Å². The van der Waals surface area contributed by atoms with Gasteiger partial charge in [0.25, 0.3) is 5.56 Å². The van der Waals surface area contributed by atoms with E-state index in [-0.39, 0.29) is 16.8 Å². The highest BCUT2D eigenvalue weighted by molar-refractivity contribution is 8.00. The Morgan fingerprint density at radius 3 is 3.09 bits per heavy atom. The molecule has 0 saturated heterocycles. The summed E-state index contributed by atoms with van der Waals surface area (Å²) in [6, 6.07) is 0. The number of carbonyl (C=O) groups is 1. The molecular formula is C16H18N2O3S2. The van der Waals surface area contributed by atoms with E-state index < -0.39 is 0 Å². The minimum atomic E-state index is -0.359. The number of aromatic nitrogens is 2. The first-order valence-corrected chi connectivity index (χ1v) is 9.66. The fourth-order valence-electron chi connectivity index (χ4n) is 3.34. The fourth-order valence-corrected chi connectivity index (χ4v) is 5.85. The van der Waals surface area contributed by atoms with Gasteiger partial charge in [-0.25, -0.2) is 4.98 Å². The summed E-state index contributed by atoms with van der Waals surface area (Å²) in [5.41, 5.74) is 1.21. The smallest absolute Gasteiger partial charge is 0.321 e. The molecule has 0 fully saturated rings. The van der Waals surface area contributed by atoms with Gasteiger partial charge in [0.05, 0.1) is 18.5 Å². The SMILES string of the molecule is CCOC(=O)[C@H]1Cn2c(nc3sc4c(c3c2=O)CC[C@@H](C)C4)S1. The molecule has 23 heavy (non-hydrogen) atoms. The van der Waals surface area contributed by atoms with E-state index in [0.717, 1.165) is 29.5 Å². The van der Waals surface area contributed by atoms with Gasteiger partial charge in [0.15, 0.2) is 5.16 Å². The van der Waals surface area contributed by atoms with Crippen LogP contribution in [0.2, 0.25) is 0 Å². The van der Waals surface area contributed by atoms with Crippen molar-refractivity contribution in [2.24, 2.45) is 5.92 Å². The quantitative estimate of drug-likeness (QED) is 0.615. The minimum absolute atomic E-state index is 0.0105. The molecule has 7 heteroatoms. The van der Waals surface area contributed by atoms with E-state index in [0.29, 0.717) is 24.2 Å². The molecule has 0 N–H and O–H groups in total. The zero-order valence-electron chi connectivity index (χ0n) is 13.1. The second kappa shape index (κ2) is 5.63. The number of esters is 1. The highest BCUT2D eigenvalue weighted by Gasteiger charge is 2.33. The first-order valence-electron chi connectivity index (χ1n) is 7.96. The fraction of sp³-hybridized carbons (Fsp3) is 0.562. The summed E-state index contributed by atoms with van der Waals surface area (Å²) in [5, 5.41) is 1.07.